The van der Waals surface area contributed by atoms with Gasteiger partial charge >= 0.3 is 0 Å². The van der Waals surface area contributed by atoms with E-state index in [1.807, 2.05) is 0 Å². The molecule has 1 aromatic rings. The Morgan fingerprint density at radius 3 is 2.55 bits per heavy atom. The van der Waals surface area contributed by atoms with E-state index in [0.717, 1.165) is 18.7 Å². The third-order valence-corrected chi connectivity index (χ3v) is 4.06. The monoisotopic (exact) mass is 307 g/mol. The van der Waals surface area contributed by atoms with Crippen LogP contribution in [-0.4, -0.2) is 43.2 Å². The van der Waals surface area contributed by atoms with Gasteiger partial charge in [-0.05, 0) is 37.9 Å². The molecular formula is C15H21N3O4. The van der Waals surface area contributed by atoms with E-state index < -0.39 is 10.5 Å². The van der Waals surface area contributed by atoms with Gasteiger partial charge in [-0.2, -0.15) is 0 Å². The van der Waals surface area contributed by atoms with Crippen LogP contribution in [0.5, 0.6) is 0 Å². The summed E-state index contributed by atoms with van der Waals surface area (Å²) in [6.45, 7) is 2.02. The van der Waals surface area contributed by atoms with Crippen molar-refractivity contribution in [3.63, 3.8) is 0 Å². The summed E-state index contributed by atoms with van der Waals surface area (Å²) in [5, 5.41) is 16.7. The van der Waals surface area contributed by atoms with Crippen molar-refractivity contribution in [3.05, 3.63) is 39.9 Å². The molecule has 0 unspecified atom stereocenters. The van der Waals surface area contributed by atoms with Gasteiger partial charge in [0.15, 0.2) is 0 Å². The molecule has 0 aromatic heterocycles. The van der Waals surface area contributed by atoms with Crippen LogP contribution in [0.4, 0.5) is 5.69 Å². The molecule has 1 heterocycles. The Bertz CT molecular complexity index is 524. The van der Waals surface area contributed by atoms with Gasteiger partial charge in [-0.1, -0.05) is 12.1 Å². The van der Waals surface area contributed by atoms with E-state index in [2.05, 4.69) is 10.6 Å². The lowest BCUT2D eigenvalue weighted by molar-refractivity contribution is -0.384. The van der Waals surface area contributed by atoms with Gasteiger partial charge in [-0.25, -0.2) is 0 Å². The number of hydrogen-bond donors (Lipinski definition) is 2. The number of amides is 1. The molecule has 0 aliphatic carbocycles. The number of carbonyl (C=O) groups excluding carboxylic acids is 1. The molecule has 2 rings (SSSR count). The van der Waals surface area contributed by atoms with Crippen LogP contribution in [0.3, 0.4) is 0 Å². The highest BCUT2D eigenvalue weighted by Crippen LogP contribution is 2.22. The molecule has 0 atom stereocenters. The summed E-state index contributed by atoms with van der Waals surface area (Å²) in [6, 6.07) is 6.36. The van der Waals surface area contributed by atoms with Crippen molar-refractivity contribution in [3.8, 4) is 0 Å². The van der Waals surface area contributed by atoms with Gasteiger partial charge in [0, 0.05) is 25.8 Å². The van der Waals surface area contributed by atoms with E-state index in [1.54, 1.807) is 19.2 Å². The fourth-order valence-corrected chi connectivity index (χ4v) is 2.62. The minimum Gasteiger partial charge on any atom is -0.368 e. The van der Waals surface area contributed by atoms with E-state index in [-0.39, 0.29) is 11.6 Å². The Balaban J connectivity index is 1.84. The third-order valence-electron chi connectivity index (χ3n) is 4.06. The summed E-state index contributed by atoms with van der Waals surface area (Å²) in [7, 11) is 1.57. The highest BCUT2D eigenvalue weighted by atomic mass is 16.6. The summed E-state index contributed by atoms with van der Waals surface area (Å²) < 4.78 is 5.46. The minimum atomic E-state index is -0.735. The average molecular weight is 307 g/mol. The van der Waals surface area contributed by atoms with E-state index in [4.69, 9.17) is 4.74 Å². The Kier molecular flexibility index (Phi) is 5.46. The number of benzene rings is 1. The summed E-state index contributed by atoms with van der Waals surface area (Å²) in [6.07, 6.45) is 1.95. The van der Waals surface area contributed by atoms with Crippen LogP contribution in [0.1, 0.15) is 18.4 Å². The van der Waals surface area contributed by atoms with Crippen molar-refractivity contribution in [1.29, 1.82) is 0 Å². The summed E-state index contributed by atoms with van der Waals surface area (Å²) >= 11 is 0. The molecule has 0 radical (unpaired) electrons. The quantitative estimate of drug-likeness (QED) is 0.604. The molecule has 1 aromatic carbocycles. The van der Waals surface area contributed by atoms with Gasteiger partial charge in [0.2, 0.25) is 0 Å². The highest BCUT2D eigenvalue weighted by Gasteiger charge is 2.39. The van der Waals surface area contributed by atoms with Crippen molar-refractivity contribution in [2.24, 2.45) is 0 Å². The number of ether oxygens (including phenoxy) is 1. The minimum absolute atomic E-state index is 0.0702. The molecule has 1 fully saturated rings. The number of methoxy groups -OCH3 is 1. The zero-order valence-corrected chi connectivity index (χ0v) is 12.6. The van der Waals surface area contributed by atoms with E-state index in [0.29, 0.717) is 25.8 Å². The number of piperidine rings is 1. The Morgan fingerprint density at radius 1 is 1.36 bits per heavy atom. The Morgan fingerprint density at radius 2 is 2.00 bits per heavy atom. The lowest BCUT2D eigenvalue weighted by atomic mass is 9.91. The molecule has 0 saturated carbocycles. The number of nitrogens with one attached hydrogen (secondary N) is 2. The standard InChI is InChI=1S/C15H21N3O4/c1-22-15(7-10-16-11-8-15)14(19)17-9-6-12-2-4-13(5-3-12)18(20)21/h2-5,16H,6-11H2,1H3,(H,17,19). The van der Waals surface area contributed by atoms with Crippen LogP contribution >= 0.6 is 0 Å². The number of nitro benzene ring substituents is 1. The molecule has 0 spiro atoms. The van der Waals surface area contributed by atoms with E-state index in [1.165, 1.54) is 12.1 Å². The molecule has 1 aliphatic rings. The first-order valence-electron chi connectivity index (χ1n) is 7.35. The number of non-ortho nitro benzene ring substituents is 1. The lowest BCUT2D eigenvalue weighted by Gasteiger charge is -2.34. The van der Waals surface area contributed by atoms with Crippen molar-refractivity contribution in [2.45, 2.75) is 24.9 Å². The number of carbonyl (C=O) groups is 1. The molecule has 1 saturated heterocycles. The fraction of sp³-hybridized carbons (Fsp3) is 0.533. The lowest BCUT2D eigenvalue weighted by Crippen LogP contribution is -2.54. The fourth-order valence-electron chi connectivity index (χ4n) is 2.62. The first kappa shape index (κ1) is 16.4. The molecule has 7 heteroatoms. The molecule has 2 N–H and O–H groups in total. The topological polar surface area (TPSA) is 93.5 Å². The molecule has 7 nitrogen and oxygen atoms in total. The van der Waals surface area contributed by atoms with Crippen LogP contribution in [0, 0.1) is 10.1 Å². The van der Waals surface area contributed by atoms with Crippen LogP contribution in [0.15, 0.2) is 24.3 Å². The second kappa shape index (κ2) is 7.33. The maximum atomic E-state index is 12.3. The van der Waals surface area contributed by atoms with Gasteiger partial charge in [0.25, 0.3) is 11.6 Å². The van der Waals surface area contributed by atoms with Crippen LogP contribution in [0.25, 0.3) is 0 Å². The van der Waals surface area contributed by atoms with Gasteiger partial charge < -0.3 is 15.4 Å². The largest absolute Gasteiger partial charge is 0.368 e. The van der Waals surface area contributed by atoms with Crippen molar-refractivity contribution >= 4 is 11.6 Å². The molecule has 22 heavy (non-hydrogen) atoms. The summed E-state index contributed by atoms with van der Waals surface area (Å²) in [5.41, 5.74) is 0.282. The van der Waals surface area contributed by atoms with Gasteiger partial charge in [-0.3, -0.25) is 14.9 Å². The normalized spacial score (nSPS) is 17.0. The summed E-state index contributed by atoms with van der Waals surface area (Å²) in [5.74, 6) is -0.0848. The molecule has 1 amide bonds. The molecule has 0 bridgehead atoms. The third kappa shape index (κ3) is 3.80. The molecule has 1 aliphatic heterocycles. The second-order valence-electron chi connectivity index (χ2n) is 5.38. The number of nitro groups is 1. The van der Waals surface area contributed by atoms with Crippen LogP contribution in [-0.2, 0) is 16.0 Å². The molecular weight excluding hydrogens is 286 g/mol. The van der Waals surface area contributed by atoms with Crippen molar-refractivity contribution < 1.29 is 14.5 Å². The van der Waals surface area contributed by atoms with Gasteiger partial charge in [-0.15, -0.1) is 0 Å². The predicted molar refractivity (Wildman–Crippen MR) is 81.7 cm³/mol. The SMILES string of the molecule is COC1(C(=O)NCCc2ccc([N+](=O)[O-])cc2)CCNCC1. The van der Waals surface area contributed by atoms with Gasteiger partial charge in [0.1, 0.15) is 5.60 Å². The predicted octanol–water partition coefficient (Wildman–Crippen LogP) is 1.02. The van der Waals surface area contributed by atoms with Crippen LogP contribution < -0.4 is 10.6 Å². The first-order valence-corrected chi connectivity index (χ1v) is 7.35. The second-order valence-corrected chi connectivity index (χ2v) is 5.38. The Labute approximate surface area is 129 Å². The number of nitrogens with zero attached hydrogens (tertiary/aromatic N) is 1. The summed E-state index contributed by atoms with van der Waals surface area (Å²) in [4.78, 5) is 22.5. The van der Waals surface area contributed by atoms with E-state index in [9.17, 15) is 14.9 Å². The zero-order valence-electron chi connectivity index (χ0n) is 12.6. The van der Waals surface area contributed by atoms with Crippen molar-refractivity contribution in [1.82, 2.24) is 10.6 Å². The van der Waals surface area contributed by atoms with Crippen molar-refractivity contribution in [2.75, 3.05) is 26.7 Å². The Hall–Kier alpha value is -1.99. The van der Waals surface area contributed by atoms with Crippen LogP contribution in [0.2, 0.25) is 0 Å². The number of rotatable bonds is 6. The van der Waals surface area contributed by atoms with Gasteiger partial charge in [0.05, 0.1) is 4.92 Å². The zero-order chi connectivity index (χ0) is 16.0. The maximum Gasteiger partial charge on any atom is 0.269 e. The molecule has 120 valence electrons. The highest BCUT2D eigenvalue weighted by molar-refractivity contribution is 5.85. The first-order chi connectivity index (χ1) is 10.6. The van der Waals surface area contributed by atoms with E-state index >= 15 is 0 Å². The maximum absolute atomic E-state index is 12.3. The smallest absolute Gasteiger partial charge is 0.269 e. The number of hydrogen-bond acceptors (Lipinski definition) is 5. The average Bonchev–Trinajstić information content (AvgIpc) is 2.55.